The normalized spacial score (nSPS) is 11.3. The molecule has 0 aliphatic rings. The van der Waals surface area contributed by atoms with Crippen LogP contribution in [0.1, 0.15) is 48.5 Å². The van der Waals surface area contributed by atoms with E-state index >= 15 is 0 Å². The van der Waals surface area contributed by atoms with Crippen LogP contribution in [-0.2, 0) is 22.7 Å². The molecule has 0 bridgehead atoms. The van der Waals surface area contributed by atoms with Gasteiger partial charge in [-0.25, -0.2) is 9.78 Å². The van der Waals surface area contributed by atoms with E-state index in [4.69, 9.17) is 18.6 Å². The highest BCUT2D eigenvalue weighted by Crippen LogP contribution is 2.21. The number of pyridine rings is 1. The zero-order chi connectivity index (χ0) is 20.9. The lowest BCUT2D eigenvalue weighted by molar-refractivity contribution is -0.0248. The zero-order valence-corrected chi connectivity index (χ0v) is 17.0. The molecule has 1 aromatic carbocycles. The molecule has 0 saturated carbocycles. The molecular weight excluding hydrogens is 372 g/mol. The fourth-order valence-electron chi connectivity index (χ4n) is 2.39. The molecule has 0 radical (unpaired) electrons. The van der Waals surface area contributed by atoms with E-state index in [1.807, 2.05) is 39.0 Å². The Balaban J connectivity index is 1.54. The molecule has 3 rings (SSSR count). The summed E-state index contributed by atoms with van der Waals surface area (Å²) in [7, 11) is 0. The lowest BCUT2D eigenvalue weighted by atomic mass is 10.2. The number of ether oxygens (including phenoxy) is 3. The van der Waals surface area contributed by atoms with E-state index in [2.05, 4.69) is 9.97 Å². The maximum Gasteiger partial charge on any atom is 0.376 e. The topological polar surface area (TPSA) is 83.7 Å². The van der Waals surface area contributed by atoms with Gasteiger partial charge in [0.2, 0.25) is 11.7 Å². The van der Waals surface area contributed by atoms with Gasteiger partial charge >= 0.3 is 5.97 Å². The highest BCUT2D eigenvalue weighted by Gasteiger charge is 2.20. The molecule has 0 aliphatic heterocycles. The van der Waals surface area contributed by atoms with Crippen LogP contribution < -0.4 is 4.74 Å². The Morgan fingerprint density at radius 2 is 1.83 bits per heavy atom. The number of hydrogen-bond donors (Lipinski definition) is 0. The number of oxazole rings is 1. The molecule has 2 heterocycles. The molecule has 0 atom stereocenters. The standard InChI is InChI=1S/C22H24N2O5/c1-15-20(29-19(24-15)14-27-22(2,3)4)21(25)26-13-16-7-9-17(10-8-16)28-18-6-5-11-23-12-18/h5-12H,13-14H2,1-4H3. The molecule has 0 aliphatic carbocycles. The summed E-state index contributed by atoms with van der Waals surface area (Å²) in [4.78, 5) is 20.6. The zero-order valence-electron chi connectivity index (χ0n) is 17.0. The van der Waals surface area contributed by atoms with Crippen LogP contribution in [0.4, 0.5) is 0 Å². The monoisotopic (exact) mass is 396 g/mol. The van der Waals surface area contributed by atoms with Crippen molar-refractivity contribution in [1.29, 1.82) is 0 Å². The summed E-state index contributed by atoms with van der Waals surface area (Å²) in [6.07, 6.45) is 3.32. The van der Waals surface area contributed by atoms with Crippen LogP contribution in [0.5, 0.6) is 11.5 Å². The van der Waals surface area contributed by atoms with Gasteiger partial charge in [-0.15, -0.1) is 0 Å². The first kappa shape index (κ1) is 20.5. The Labute approximate surface area is 169 Å². The third-order valence-electron chi connectivity index (χ3n) is 3.82. The molecule has 0 fully saturated rings. The van der Waals surface area contributed by atoms with Crippen LogP contribution in [0.25, 0.3) is 0 Å². The minimum Gasteiger partial charge on any atom is -0.456 e. The molecule has 0 spiro atoms. The maximum absolute atomic E-state index is 12.3. The minimum absolute atomic E-state index is 0.0917. The van der Waals surface area contributed by atoms with Gasteiger partial charge in [-0.2, -0.15) is 0 Å². The van der Waals surface area contributed by atoms with Crippen molar-refractivity contribution in [2.24, 2.45) is 0 Å². The second-order valence-electron chi connectivity index (χ2n) is 7.43. The van der Waals surface area contributed by atoms with Crippen LogP contribution in [0.2, 0.25) is 0 Å². The fraction of sp³-hybridized carbons (Fsp3) is 0.318. The van der Waals surface area contributed by atoms with Crippen molar-refractivity contribution in [3.63, 3.8) is 0 Å². The van der Waals surface area contributed by atoms with E-state index in [9.17, 15) is 4.79 Å². The summed E-state index contributed by atoms with van der Waals surface area (Å²) >= 11 is 0. The van der Waals surface area contributed by atoms with E-state index < -0.39 is 5.97 Å². The first-order chi connectivity index (χ1) is 13.8. The SMILES string of the molecule is Cc1nc(COC(C)(C)C)oc1C(=O)OCc1ccc(Oc2cccnc2)cc1. The van der Waals surface area contributed by atoms with Gasteiger partial charge in [0.15, 0.2) is 0 Å². The summed E-state index contributed by atoms with van der Waals surface area (Å²) in [5.41, 5.74) is 0.976. The second-order valence-corrected chi connectivity index (χ2v) is 7.43. The quantitative estimate of drug-likeness (QED) is 0.528. The number of hydrogen-bond acceptors (Lipinski definition) is 7. The highest BCUT2D eigenvalue weighted by atomic mass is 16.5. The lowest BCUT2D eigenvalue weighted by Gasteiger charge is -2.17. The molecule has 7 heteroatoms. The van der Waals surface area contributed by atoms with Gasteiger partial charge in [0, 0.05) is 6.20 Å². The first-order valence-corrected chi connectivity index (χ1v) is 9.24. The molecular formula is C22H24N2O5. The molecule has 0 N–H and O–H groups in total. The van der Waals surface area contributed by atoms with Crippen molar-refractivity contribution in [1.82, 2.24) is 9.97 Å². The fourth-order valence-corrected chi connectivity index (χ4v) is 2.39. The number of rotatable bonds is 7. The average molecular weight is 396 g/mol. The largest absolute Gasteiger partial charge is 0.456 e. The number of nitrogens with zero attached hydrogens (tertiary/aromatic N) is 2. The van der Waals surface area contributed by atoms with Crippen molar-refractivity contribution in [2.45, 2.75) is 46.5 Å². The van der Waals surface area contributed by atoms with Crippen molar-refractivity contribution >= 4 is 5.97 Å². The molecule has 3 aromatic rings. The van der Waals surface area contributed by atoms with Crippen molar-refractivity contribution in [3.05, 3.63) is 71.7 Å². The van der Waals surface area contributed by atoms with Gasteiger partial charge in [-0.3, -0.25) is 4.98 Å². The van der Waals surface area contributed by atoms with Gasteiger partial charge in [-0.1, -0.05) is 12.1 Å². The van der Waals surface area contributed by atoms with E-state index in [1.54, 1.807) is 37.5 Å². The third kappa shape index (κ3) is 6.15. The van der Waals surface area contributed by atoms with Crippen molar-refractivity contribution in [3.8, 4) is 11.5 Å². The summed E-state index contributed by atoms with van der Waals surface area (Å²) < 4.78 is 22.2. The lowest BCUT2D eigenvalue weighted by Crippen LogP contribution is -2.18. The van der Waals surface area contributed by atoms with Crippen LogP contribution in [0.15, 0.2) is 53.2 Å². The van der Waals surface area contributed by atoms with Gasteiger partial charge in [0.05, 0.1) is 17.5 Å². The predicted octanol–water partition coefficient (Wildman–Crippen LogP) is 4.84. The summed E-state index contributed by atoms with van der Waals surface area (Å²) in [5.74, 6) is 1.20. The van der Waals surface area contributed by atoms with E-state index in [1.165, 1.54) is 0 Å². The maximum atomic E-state index is 12.3. The molecule has 0 amide bonds. The van der Waals surface area contributed by atoms with Crippen LogP contribution in [0, 0.1) is 6.92 Å². The Morgan fingerprint density at radius 3 is 2.48 bits per heavy atom. The molecule has 2 aromatic heterocycles. The number of benzene rings is 1. The molecule has 0 unspecified atom stereocenters. The predicted molar refractivity (Wildman–Crippen MR) is 106 cm³/mol. The van der Waals surface area contributed by atoms with Crippen LogP contribution in [-0.4, -0.2) is 21.5 Å². The number of carbonyl (C=O) groups is 1. The molecule has 29 heavy (non-hydrogen) atoms. The summed E-state index contributed by atoms with van der Waals surface area (Å²) in [5, 5.41) is 0. The van der Waals surface area contributed by atoms with Gasteiger partial charge in [0.1, 0.15) is 24.7 Å². The third-order valence-corrected chi connectivity index (χ3v) is 3.82. The Hall–Kier alpha value is -3.19. The minimum atomic E-state index is -0.562. The number of aryl methyl sites for hydroxylation is 1. The first-order valence-electron chi connectivity index (χ1n) is 9.24. The van der Waals surface area contributed by atoms with Crippen molar-refractivity contribution in [2.75, 3.05) is 0 Å². The van der Waals surface area contributed by atoms with Crippen LogP contribution >= 0.6 is 0 Å². The van der Waals surface area contributed by atoms with Gasteiger partial charge < -0.3 is 18.6 Å². The Bertz CT molecular complexity index is 944. The average Bonchev–Trinajstić information content (AvgIpc) is 3.07. The van der Waals surface area contributed by atoms with Gasteiger partial charge in [0.25, 0.3) is 0 Å². The van der Waals surface area contributed by atoms with Gasteiger partial charge in [-0.05, 0) is 57.5 Å². The van der Waals surface area contributed by atoms with E-state index in [0.29, 0.717) is 23.1 Å². The van der Waals surface area contributed by atoms with Crippen LogP contribution in [0.3, 0.4) is 0 Å². The molecule has 0 saturated heterocycles. The number of esters is 1. The number of carbonyl (C=O) groups excluding carboxylic acids is 1. The van der Waals surface area contributed by atoms with Crippen molar-refractivity contribution < 1.29 is 23.4 Å². The summed E-state index contributed by atoms with van der Waals surface area (Å²) in [6.45, 7) is 7.81. The number of aromatic nitrogens is 2. The molecule has 152 valence electrons. The second kappa shape index (κ2) is 8.87. The Morgan fingerprint density at radius 1 is 1.07 bits per heavy atom. The van der Waals surface area contributed by atoms with E-state index in [-0.39, 0.29) is 24.6 Å². The molecule has 7 nitrogen and oxygen atoms in total. The smallest absolute Gasteiger partial charge is 0.376 e. The summed E-state index contributed by atoms with van der Waals surface area (Å²) in [6, 6.07) is 10.9. The Kier molecular flexibility index (Phi) is 6.29. The highest BCUT2D eigenvalue weighted by molar-refractivity contribution is 5.87. The van der Waals surface area contributed by atoms with E-state index in [0.717, 1.165) is 5.56 Å².